The van der Waals surface area contributed by atoms with Crippen molar-refractivity contribution in [2.75, 3.05) is 12.9 Å². The molecule has 0 aliphatic heterocycles. The number of H-pyrrole nitrogens is 1. The Morgan fingerprint density at radius 3 is 2.95 bits per heavy atom. The van der Waals surface area contributed by atoms with Crippen LogP contribution < -0.4 is 0 Å². The van der Waals surface area contributed by atoms with E-state index < -0.39 is 0 Å². The second-order valence-corrected chi connectivity index (χ2v) is 5.26. The number of ether oxygens (including phenoxy) is 1. The van der Waals surface area contributed by atoms with Gasteiger partial charge in [0.25, 0.3) is 0 Å². The van der Waals surface area contributed by atoms with Gasteiger partial charge in [-0.1, -0.05) is 17.8 Å². The Morgan fingerprint density at radius 1 is 1.45 bits per heavy atom. The summed E-state index contributed by atoms with van der Waals surface area (Å²) in [5.41, 5.74) is 2.03. The second kappa shape index (κ2) is 6.38. The van der Waals surface area contributed by atoms with Gasteiger partial charge in [0.15, 0.2) is 5.12 Å². The highest BCUT2D eigenvalue weighted by atomic mass is 32.2. The van der Waals surface area contributed by atoms with E-state index in [1.807, 2.05) is 18.2 Å². The molecule has 0 bridgehead atoms. The van der Waals surface area contributed by atoms with Gasteiger partial charge in [0.2, 0.25) is 0 Å². The maximum atomic E-state index is 11.4. The first-order chi connectivity index (χ1) is 9.61. The Morgan fingerprint density at radius 2 is 2.25 bits per heavy atom. The van der Waals surface area contributed by atoms with E-state index in [-0.39, 0.29) is 11.1 Å². The number of carbonyl (C=O) groups excluding carboxylic acids is 2. The Balaban J connectivity index is 2.20. The first kappa shape index (κ1) is 14.3. The maximum absolute atomic E-state index is 11.4. The molecule has 0 aliphatic carbocycles. The molecule has 1 aromatic carbocycles. The lowest BCUT2D eigenvalue weighted by atomic mass is 10.1. The van der Waals surface area contributed by atoms with Crippen molar-refractivity contribution < 1.29 is 14.3 Å². The predicted molar refractivity (Wildman–Crippen MR) is 79.6 cm³/mol. The standard InChI is InChI=1S/C14H14N2O3S/c1-9(17)20-7-3-4-12-11-6-5-10(14(18)19-2)8-13(11)16-15-12/h3-6,8H,7H2,1-2H3,(H,15,16). The third-order valence-corrected chi connectivity index (χ3v) is 3.44. The number of thioether (sulfide) groups is 1. The van der Waals surface area contributed by atoms with E-state index in [9.17, 15) is 9.59 Å². The third-order valence-electron chi connectivity index (χ3n) is 2.67. The Hall–Kier alpha value is -2.08. The Bertz CT molecular complexity index is 676. The number of benzene rings is 1. The average Bonchev–Trinajstić information content (AvgIpc) is 2.84. The van der Waals surface area contributed by atoms with Gasteiger partial charge in [-0.2, -0.15) is 5.10 Å². The van der Waals surface area contributed by atoms with Gasteiger partial charge in [0, 0.05) is 18.1 Å². The number of nitrogens with zero attached hydrogens (tertiary/aromatic N) is 1. The van der Waals surface area contributed by atoms with E-state index in [2.05, 4.69) is 14.9 Å². The van der Waals surface area contributed by atoms with E-state index in [1.54, 1.807) is 12.1 Å². The van der Waals surface area contributed by atoms with Crippen LogP contribution >= 0.6 is 11.8 Å². The van der Waals surface area contributed by atoms with Crippen LogP contribution in [0.15, 0.2) is 24.3 Å². The van der Waals surface area contributed by atoms with Crippen molar-refractivity contribution in [2.24, 2.45) is 0 Å². The quantitative estimate of drug-likeness (QED) is 0.876. The number of rotatable bonds is 4. The van der Waals surface area contributed by atoms with Gasteiger partial charge in [-0.3, -0.25) is 9.89 Å². The van der Waals surface area contributed by atoms with Crippen LogP contribution in [0, 0.1) is 0 Å². The number of hydrogen-bond donors (Lipinski definition) is 1. The lowest BCUT2D eigenvalue weighted by molar-refractivity contribution is -0.109. The molecule has 0 amide bonds. The molecule has 104 valence electrons. The number of methoxy groups -OCH3 is 1. The number of fused-ring (bicyclic) bond motifs is 1. The minimum Gasteiger partial charge on any atom is -0.465 e. The second-order valence-electron chi connectivity index (χ2n) is 4.07. The van der Waals surface area contributed by atoms with Crippen molar-refractivity contribution in [3.8, 4) is 0 Å². The molecule has 1 heterocycles. The molecule has 0 fully saturated rings. The molecule has 6 heteroatoms. The van der Waals surface area contributed by atoms with Gasteiger partial charge >= 0.3 is 5.97 Å². The fourth-order valence-electron chi connectivity index (χ4n) is 1.74. The summed E-state index contributed by atoms with van der Waals surface area (Å²) < 4.78 is 4.67. The van der Waals surface area contributed by atoms with Crippen molar-refractivity contribution in [3.05, 3.63) is 35.5 Å². The van der Waals surface area contributed by atoms with Gasteiger partial charge < -0.3 is 4.74 Å². The van der Waals surface area contributed by atoms with Crippen LogP contribution in [0.25, 0.3) is 17.0 Å². The largest absolute Gasteiger partial charge is 0.465 e. The average molecular weight is 290 g/mol. The summed E-state index contributed by atoms with van der Waals surface area (Å²) in [6, 6.07) is 5.23. The summed E-state index contributed by atoms with van der Waals surface area (Å²) in [5, 5.41) is 8.06. The van der Waals surface area contributed by atoms with Crippen LogP contribution in [0.4, 0.5) is 0 Å². The molecule has 0 unspecified atom stereocenters. The van der Waals surface area contributed by atoms with Gasteiger partial charge in [0.05, 0.1) is 23.9 Å². The van der Waals surface area contributed by atoms with Crippen molar-refractivity contribution >= 4 is 39.8 Å². The zero-order valence-electron chi connectivity index (χ0n) is 11.2. The van der Waals surface area contributed by atoms with Crippen LogP contribution in [-0.4, -0.2) is 34.1 Å². The zero-order chi connectivity index (χ0) is 14.5. The molecule has 1 aromatic heterocycles. The topological polar surface area (TPSA) is 72.1 Å². The lowest BCUT2D eigenvalue weighted by Gasteiger charge is -1.98. The fraction of sp³-hybridized carbons (Fsp3) is 0.214. The van der Waals surface area contributed by atoms with Crippen LogP contribution in [-0.2, 0) is 9.53 Å². The van der Waals surface area contributed by atoms with E-state index in [1.165, 1.54) is 25.8 Å². The number of nitrogens with one attached hydrogen (secondary N) is 1. The highest BCUT2D eigenvalue weighted by molar-refractivity contribution is 8.13. The number of aromatic amines is 1. The number of hydrogen-bond acceptors (Lipinski definition) is 5. The zero-order valence-corrected chi connectivity index (χ0v) is 12.0. The van der Waals surface area contributed by atoms with Gasteiger partial charge in [-0.25, -0.2) is 4.79 Å². The molecule has 0 spiro atoms. The van der Waals surface area contributed by atoms with Gasteiger partial charge in [-0.15, -0.1) is 0 Å². The molecule has 0 atom stereocenters. The molecule has 0 saturated heterocycles. The van der Waals surface area contributed by atoms with Crippen LogP contribution in [0.5, 0.6) is 0 Å². The van der Waals surface area contributed by atoms with Crippen molar-refractivity contribution in [1.29, 1.82) is 0 Å². The molecule has 0 saturated carbocycles. The van der Waals surface area contributed by atoms with E-state index in [0.29, 0.717) is 11.3 Å². The molecular weight excluding hydrogens is 276 g/mol. The van der Waals surface area contributed by atoms with Crippen LogP contribution in [0.3, 0.4) is 0 Å². The smallest absolute Gasteiger partial charge is 0.337 e. The minimum absolute atomic E-state index is 0.0873. The van der Waals surface area contributed by atoms with Crippen molar-refractivity contribution in [1.82, 2.24) is 10.2 Å². The summed E-state index contributed by atoms with van der Waals surface area (Å²) in [7, 11) is 1.35. The molecule has 1 N–H and O–H groups in total. The first-order valence-electron chi connectivity index (χ1n) is 5.98. The molecule has 2 aromatic rings. The van der Waals surface area contributed by atoms with Crippen molar-refractivity contribution in [2.45, 2.75) is 6.92 Å². The summed E-state index contributed by atoms with van der Waals surface area (Å²) in [4.78, 5) is 22.2. The minimum atomic E-state index is -0.378. The number of esters is 1. The van der Waals surface area contributed by atoms with Crippen LogP contribution in [0.1, 0.15) is 23.0 Å². The third kappa shape index (κ3) is 3.27. The maximum Gasteiger partial charge on any atom is 0.337 e. The monoisotopic (exact) mass is 290 g/mol. The summed E-state index contributed by atoms with van der Waals surface area (Å²) in [5.74, 6) is 0.237. The number of aromatic nitrogens is 2. The highest BCUT2D eigenvalue weighted by Gasteiger charge is 2.09. The molecule has 2 rings (SSSR count). The van der Waals surface area contributed by atoms with E-state index >= 15 is 0 Å². The van der Waals surface area contributed by atoms with Crippen LogP contribution in [0.2, 0.25) is 0 Å². The summed E-state index contributed by atoms with van der Waals surface area (Å²) >= 11 is 1.24. The summed E-state index contributed by atoms with van der Waals surface area (Å²) in [6.45, 7) is 1.54. The Kier molecular flexibility index (Phi) is 4.57. The Labute approximate surface area is 120 Å². The van der Waals surface area contributed by atoms with Crippen molar-refractivity contribution in [3.63, 3.8) is 0 Å². The van der Waals surface area contributed by atoms with Gasteiger partial charge in [-0.05, 0) is 24.3 Å². The SMILES string of the molecule is COC(=O)c1ccc2c(C=CCSC(C)=O)n[nH]c2c1. The summed E-state index contributed by atoms with van der Waals surface area (Å²) in [6.07, 6.45) is 3.74. The highest BCUT2D eigenvalue weighted by Crippen LogP contribution is 2.19. The van der Waals surface area contributed by atoms with E-state index in [4.69, 9.17) is 0 Å². The van der Waals surface area contributed by atoms with Gasteiger partial charge in [0.1, 0.15) is 0 Å². The normalized spacial score (nSPS) is 11.1. The fourth-order valence-corrected chi connectivity index (χ4v) is 2.17. The first-order valence-corrected chi connectivity index (χ1v) is 6.96. The molecule has 5 nitrogen and oxygen atoms in total. The molecule has 0 aliphatic rings. The predicted octanol–water partition coefficient (Wildman–Crippen LogP) is 2.64. The molecule has 0 radical (unpaired) electrons. The molecule has 20 heavy (non-hydrogen) atoms. The van der Waals surface area contributed by atoms with E-state index in [0.717, 1.165) is 16.6 Å². The lowest BCUT2D eigenvalue weighted by Crippen LogP contribution is -2.00. The molecular formula is C14H14N2O3S. The number of carbonyl (C=O) groups is 2.